The van der Waals surface area contributed by atoms with Crippen LogP contribution in [0.1, 0.15) is 18.4 Å². The number of nitrogen functional groups attached to an aromatic ring is 1. The lowest BCUT2D eigenvalue weighted by Gasteiger charge is -2.11. The van der Waals surface area contributed by atoms with E-state index >= 15 is 0 Å². The van der Waals surface area contributed by atoms with Crippen LogP contribution in [0.15, 0.2) is 33.7 Å². The summed E-state index contributed by atoms with van der Waals surface area (Å²) in [6, 6.07) is 6.31. The van der Waals surface area contributed by atoms with Gasteiger partial charge in [-0.2, -0.15) is 0 Å². The summed E-state index contributed by atoms with van der Waals surface area (Å²) in [6.07, 6.45) is 0. The Balaban J connectivity index is 2.19. The molecule has 0 unspecified atom stereocenters. The third-order valence-electron chi connectivity index (χ3n) is 2.80. The SMILES string of the molecule is CCNS(=O)(=O)c1ccc(N)c(NCc2cc(C)no2)c1. The van der Waals surface area contributed by atoms with Crippen LogP contribution < -0.4 is 15.8 Å². The first kappa shape index (κ1) is 15.3. The lowest BCUT2D eigenvalue weighted by atomic mass is 10.2. The second kappa shape index (κ2) is 6.15. The second-order valence-electron chi connectivity index (χ2n) is 4.54. The van der Waals surface area contributed by atoms with Crippen molar-refractivity contribution >= 4 is 21.4 Å². The summed E-state index contributed by atoms with van der Waals surface area (Å²) in [6.45, 7) is 4.24. The average molecular weight is 310 g/mol. The van der Waals surface area contributed by atoms with Crippen molar-refractivity contribution in [1.82, 2.24) is 9.88 Å². The number of hydrogen-bond donors (Lipinski definition) is 3. The highest BCUT2D eigenvalue weighted by atomic mass is 32.2. The van der Waals surface area contributed by atoms with Gasteiger partial charge in [0.25, 0.3) is 0 Å². The van der Waals surface area contributed by atoms with Crippen molar-refractivity contribution in [3.05, 3.63) is 35.7 Å². The number of hydrogen-bond acceptors (Lipinski definition) is 6. The van der Waals surface area contributed by atoms with Gasteiger partial charge in [0.05, 0.1) is 28.5 Å². The molecule has 0 aliphatic heterocycles. The van der Waals surface area contributed by atoms with Crippen LogP contribution in [0, 0.1) is 6.92 Å². The zero-order valence-electron chi connectivity index (χ0n) is 11.9. The Hall–Kier alpha value is -2.06. The Labute approximate surface area is 123 Å². The van der Waals surface area contributed by atoms with Gasteiger partial charge in [0.1, 0.15) is 0 Å². The van der Waals surface area contributed by atoms with E-state index in [1.54, 1.807) is 19.1 Å². The standard InChI is InChI=1S/C13H18N4O3S/c1-3-16-21(18,19)11-4-5-12(14)13(7-11)15-8-10-6-9(2)17-20-10/h4-7,15-16H,3,8,14H2,1-2H3. The van der Waals surface area contributed by atoms with Gasteiger partial charge in [-0.05, 0) is 25.1 Å². The van der Waals surface area contributed by atoms with E-state index < -0.39 is 10.0 Å². The predicted octanol–water partition coefficient (Wildman–Crippen LogP) is 1.48. The smallest absolute Gasteiger partial charge is 0.240 e. The second-order valence-corrected chi connectivity index (χ2v) is 6.31. The Bertz CT molecular complexity index is 725. The summed E-state index contributed by atoms with van der Waals surface area (Å²) in [5.74, 6) is 0.645. The van der Waals surface area contributed by atoms with Crippen molar-refractivity contribution in [3.63, 3.8) is 0 Å². The maximum atomic E-state index is 12.0. The number of anilines is 2. The molecule has 0 radical (unpaired) electrons. The molecule has 0 saturated carbocycles. The van der Waals surface area contributed by atoms with E-state index in [1.165, 1.54) is 12.1 Å². The lowest BCUT2D eigenvalue weighted by Crippen LogP contribution is -2.23. The van der Waals surface area contributed by atoms with Crippen LogP contribution in [0.5, 0.6) is 0 Å². The summed E-state index contributed by atoms with van der Waals surface area (Å²) >= 11 is 0. The normalized spacial score (nSPS) is 11.5. The van der Waals surface area contributed by atoms with Crippen molar-refractivity contribution < 1.29 is 12.9 Å². The minimum absolute atomic E-state index is 0.162. The van der Waals surface area contributed by atoms with Crippen LogP contribution in [0.4, 0.5) is 11.4 Å². The monoisotopic (exact) mass is 310 g/mol. The number of aromatic nitrogens is 1. The quantitative estimate of drug-likeness (QED) is 0.697. The van der Waals surface area contributed by atoms with Gasteiger partial charge in [-0.1, -0.05) is 12.1 Å². The fourth-order valence-electron chi connectivity index (χ4n) is 1.81. The summed E-state index contributed by atoms with van der Waals surface area (Å²) in [4.78, 5) is 0.162. The largest absolute Gasteiger partial charge is 0.397 e. The van der Waals surface area contributed by atoms with Gasteiger partial charge in [-0.15, -0.1) is 0 Å². The highest BCUT2D eigenvalue weighted by Gasteiger charge is 2.14. The van der Waals surface area contributed by atoms with E-state index in [0.717, 1.165) is 5.69 Å². The summed E-state index contributed by atoms with van der Waals surface area (Å²) in [7, 11) is -3.51. The summed E-state index contributed by atoms with van der Waals surface area (Å²) in [5.41, 5.74) is 7.62. The molecule has 0 fully saturated rings. The number of nitrogens with one attached hydrogen (secondary N) is 2. The van der Waals surface area contributed by atoms with Crippen molar-refractivity contribution in [3.8, 4) is 0 Å². The van der Waals surface area contributed by atoms with Gasteiger partial charge < -0.3 is 15.6 Å². The van der Waals surface area contributed by atoms with E-state index in [1.807, 2.05) is 6.92 Å². The molecule has 1 heterocycles. The van der Waals surface area contributed by atoms with Crippen LogP contribution in [-0.4, -0.2) is 20.1 Å². The average Bonchev–Trinajstić information content (AvgIpc) is 2.83. The summed E-state index contributed by atoms with van der Waals surface area (Å²) in [5, 5.41) is 6.83. The third kappa shape index (κ3) is 3.73. The van der Waals surface area contributed by atoms with Gasteiger partial charge >= 0.3 is 0 Å². The molecular formula is C13H18N4O3S. The molecule has 0 aliphatic carbocycles. The molecule has 0 saturated heterocycles. The van der Waals surface area contributed by atoms with Crippen molar-refractivity contribution in [2.24, 2.45) is 0 Å². The van der Waals surface area contributed by atoms with E-state index in [9.17, 15) is 8.42 Å². The van der Waals surface area contributed by atoms with Crippen molar-refractivity contribution in [2.75, 3.05) is 17.6 Å². The fraction of sp³-hybridized carbons (Fsp3) is 0.308. The number of rotatable bonds is 6. The molecule has 0 spiro atoms. The first-order valence-corrected chi connectivity index (χ1v) is 7.96. The molecule has 8 heteroatoms. The first-order chi connectivity index (χ1) is 9.92. The maximum absolute atomic E-state index is 12.0. The molecule has 4 N–H and O–H groups in total. The number of aryl methyl sites for hydroxylation is 1. The van der Waals surface area contributed by atoms with E-state index in [-0.39, 0.29) is 4.90 Å². The number of nitrogens with zero attached hydrogens (tertiary/aromatic N) is 1. The Morgan fingerprint density at radius 2 is 2.10 bits per heavy atom. The van der Waals surface area contributed by atoms with Crippen molar-refractivity contribution in [2.45, 2.75) is 25.3 Å². The molecule has 114 valence electrons. The third-order valence-corrected chi connectivity index (χ3v) is 4.34. The fourth-order valence-corrected chi connectivity index (χ4v) is 2.88. The number of nitrogens with two attached hydrogens (primary N) is 1. The summed E-state index contributed by atoms with van der Waals surface area (Å²) < 4.78 is 31.4. The molecule has 2 aromatic rings. The Morgan fingerprint density at radius 3 is 2.71 bits per heavy atom. The number of sulfonamides is 1. The molecule has 0 atom stereocenters. The van der Waals surface area contributed by atoms with Gasteiger partial charge in [-0.25, -0.2) is 13.1 Å². The first-order valence-electron chi connectivity index (χ1n) is 6.47. The molecule has 0 amide bonds. The van der Waals surface area contributed by atoms with Gasteiger partial charge in [0.15, 0.2) is 5.76 Å². The molecule has 1 aromatic carbocycles. The van der Waals surface area contributed by atoms with E-state index in [0.29, 0.717) is 30.2 Å². The lowest BCUT2D eigenvalue weighted by molar-refractivity contribution is 0.384. The Morgan fingerprint density at radius 1 is 1.33 bits per heavy atom. The van der Waals surface area contributed by atoms with Gasteiger partial charge in [-0.3, -0.25) is 0 Å². The van der Waals surface area contributed by atoms with Crippen LogP contribution in [0.2, 0.25) is 0 Å². The molecular weight excluding hydrogens is 292 g/mol. The van der Waals surface area contributed by atoms with Crippen LogP contribution in [0.3, 0.4) is 0 Å². The van der Waals surface area contributed by atoms with Crippen molar-refractivity contribution in [1.29, 1.82) is 0 Å². The van der Waals surface area contributed by atoms with E-state index in [4.69, 9.17) is 10.3 Å². The molecule has 21 heavy (non-hydrogen) atoms. The molecule has 0 aliphatic rings. The van der Waals surface area contributed by atoms with Crippen LogP contribution in [-0.2, 0) is 16.6 Å². The van der Waals surface area contributed by atoms with E-state index in [2.05, 4.69) is 15.2 Å². The Kier molecular flexibility index (Phi) is 4.49. The van der Waals surface area contributed by atoms with Crippen LogP contribution in [0.25, 0.3) is 0 Å². The zero-order valence-corrected chi connectivity index (χ0v) is 12.7. The minimum atomic E-state index is -3.51. The van der Waals surface area contributed by atoms with Gasteiger partial charge in [0, 0.05) is 12.6 Å². The molecule has 7 nitrogen and oxygen atoms in total. The topological polar surface area (TPSA) is 110 Å². The minimum Gasteiger partial charge on any atom is -0.397 e. The predicted molar refractivity (Wildman–Crippen MR) is 80.3 cm³/mol. The molecule has 1 aromatic heterocycles. The number of benzene rings is 1. The van der Waals surface area contributed by atoms with Crippen LogP contribution >= 0.6 is 0 Å². The maximum Gasteiger partial charge on any atom is 0.240 e. The van der Waals surface area contributed by atoms with Gasteiger partial charge in [0.2, 0.25) is 10.0 Å². The molecule has 2 rings (SSSR count). The molecule has 0 bridgehead atoms. The zero-order chi connectivity index (χ0) is 15.5. The highest BCUT2D eigenvalue weighted by molar-refractivity contribution is 7.89. The highest BCUT2D eigenvalue weighted by Crippen LogP contribution is 2.23.